The van der Waals surface area contributed by atoms with E-state index in [1.165, 1.54) is 21.3 Å². The van der Waals surface area contributed by atoms with Crippen LogP contribution in [0.1, 0.15) is 34.3 Å². The zero-order valence-corrected chi connectivity index (χ0v) is 20.0. The van der Waals surface area contributed by atoms with Crippen molar-refractivity contribution < 1.29 is 34.0 Å². The third-order valence-corrected chi connectivity index (χ3v) is 6.62. The third kappa shape index (κ3) is 4.83. The van der Waals surface area contributed by atoms with Gasteiger partial charge < -0.3 is 34.0 Å². The van der Waals surface area contributed by atoms with Crippen LogP contribution in [-0.4, -0.2) is 39.0 Å². The van der Waals surface area contributed by atoms with E-state index in [1.54, 1.807) is 12.1 Å². The Morgan fingerprint density at radius 3 is 2.06 bits per heavy atom. The minimum Gasteiger partial charge on any atom is -0.550 e. The fourth-order valence-electron chi connectivity index (χ4n) is 4.99. The second-order valence-corrected chi connectivity index (χ2v) is 8.52. The monoisotopic (exact) mass is 477 g/mol. The van der Waals surface area contributed by atoms with E-state index < -0.39 is 29.8 Å². The fraction of sp³-hybridized carbons (Fsp3) is 0.321. The molecule has 0 aliphatic heterocycles. The molecule has 35 heavy (non-hydrogen) atoms. The number of aliphatic hydroxyl groups is 1. The first kappa shape index (κ1) is 24.6. The topological polar surface area (TPSA) is 97.3 Å². The van der Waals surface area contributed by atoms with Gasteiger partial charge in [0.05, 0.1) is 40.6 Å². The van der Waals surface area contributed by atoms with Gasteiger partial charge in [0.15, 0.2) is 11.5 Å². The van der Waals surface area contributed by atoms with Crippen LogP contribution in [0.3, 0.4) is 0 Å². The summed E-state index contributed by atoms with van der Waals surface area (Å²) in [5.74, 6) is -2.43. The molecule has 4 unspecified atom stereocenters. The van der Waals surface area contributed by atoms with Gasteiger partial charge in [0, 0.05) is 23.7 Å². The lowest BCUT2D eigenvalue weighted by Crippen LogP contribution is -2.46. The minimum atomic E-state index is -1.26. The lowest BCUT2D eigenvalue weighted by atomic mass is 9.65. The van der Waals surface area contributed by atoms with Gasteiger partial charge in [-0.05, 0) is 34.4 Å². The van der Waals surface area contributed by atoms with Gasteiger partial charge in [-0.25, -0.2) is 0 Å². The standard InChI is InChI=1S/C28H30O7/c1-32-22-13-18(14-23(33-2)27(22)34-3)24-19-11-7-8-12-20(19)26(29)21(25(24)28(30)31)16-35-15-17-9-5-4-6-10-17/h4-14,21,24-26,29H,15-16H2,1-3H3,(H,30,31)/p-1. The highest BCUT2D eigenvalue weighted by atomic mass is 16.5. The SMILES string of the molecule is COc1cc(C2c3ccccc3C(O)C(COCc3ccccc3)C2C(=O)[O-])cc(OC)c1OC. The molecule has 0 bridgehead atoms. The fourth-order valence-corrected chi connectivity index (χ4v) is 4.99. The minimum absolute atomic E-state index is 0.0456. The second-order valence-electron chi connectivity index (χ2n) is 8.52. The van der Waals surface area contributed by atoms with Crippen LogP contribution in [0.15, 0.2) is 66.7 Å². The Bertz CT molecular complexity index is 1140. The van der Waals surface area contributed by atoms with E-state index in [-0.39, 0.29) is 6.61 Å². The number of benzene rings is 3. The van der Waals surface area contributed by atoms with E-state index in [0.29, 0.717) is 40.5 Å². The number of fused-ring (bicyclic) bond motifs is 1. The lowest BCUT2D eigenvalue weighted by Gasteiger charge is -2.43. The van der Waals surface area contributed by atoms with E-state index in [2.05, 4.69) is 0 Å². The average Bonchev–Trinajstić information content (AvgIpc) is 2.89. The van der Waals surface area contributed by atoms with Crippen LogP contribution in [-0.2, 0) is 16.1 Å². The van der Waals surface area contributed by atoms with Crippen molar-refractivity contribution in [3.63, 3.8) is 0 Å². The van der Waals surface area contributed by atoms with Gasteiger partial charge in [0.2, 0.25) is 5.75 Å². The molecule has 7 heteroatoms. The Morgan fingerprint density at radius 1 is 0.886 bits per heavy atom. The highest BCUT2D eigenvalue weighted by Crippen LogP contribution is 2.51. The average molecular weight is 478 g/mol. The molecule has 7 nitrogen and oxygen atoms in total. The summed E-state index contributed by atoms with van der Waals surface area (Å²) < 4.78 is 22.4. The summed E-state index contributed by atoms with van der Waals surface area (Å²) in [6.45, 7) is 0.351. The zero-order chi connectivity index (χ0) is 24.9. The van der Waals surface area contributed by atoms with Crippen LogP contribution in [0.5, 0.6) is 17.2 Å². The highest BCUT2D eigenvalue weighted by Gasteiger charge is 2.44. The van der Waals surface area contributed by atoms with Gasteiger partial charge >= 0.3 is 0 Å². The smallest absolute Gasteiger partial charge is 0.203 e. The molecule has 0 heterocycles. The molecular formula is C28H29O7-. The van der Waals surface area contributed by atoms with E-state index in [0.717, 1.165) is 5.56 Å². The van der Waals surface area contributed by atoms with Gasteiger partial charge in [0.25, 0.3) is 0 Å². The normalized spacial score (nSPS) is 21.1. The van der Waals surface area contributed by atoms with Gasteiger partial charge in [0.1, 0.15) is 0 Å². The number of ether oxygens (including phenoxy) is 4. The molecule has 3 aromatic carbocycles. The number of rotatable bonds is 9. The highest BCUT2D eigenvalue weighted by molar-refractivity contribution is 5.73. The number of aliphatic carboxylic acids is 1. The van der Waals surface area contributed by atoms with Gasteiger partial charge in [-0.15, -0.1) is 0 Å². The van der Waals surface area contributed by atoms with E-state index in [4.69, 9.17) is 18.9 Å². The molecule has 1 aliphatic carbocycles. The maximum absolute atomic E-state index is 12.6. The number of methoxy groups -OCH3 is 3. The van der Waals surface area contributed by atoms with Crippen molar-refractivity contribution >= 4 is 5.97 Å². The molecule has 0 aromatic heterocycles. The second kappa shape index (κ2) is 10.8. The number of carbonyl (C=O) groups excluding carboxylic acids is 1. The van der Waals surface area contributed by atoms with Crippen LogP contribution in [0, 0.1) is 11.8 Å². The molecule has 184 valence electrons. The summed E-state index contributed by atoms with van der Waals surface area (Å²) >= 11 is 0. The van der Waals surface area contributed by atoms with E-state index in [1.807, 2.05) is 54.6 Å². The molecule has 0 saturated heterocycles. The Hall–Kier alpha value is -3.55. The molecule has 4 rings (SSSR count). The molecular weight excluding hydrogens is 448 g/mol. The first-order chi connectivity index (χ1) is 17.0. The molecule has 0 saturated carbocycles. The third-order valence-electron chi connectivity index (χ3n) is 6.62. The number of carboxylic acid groups (broad SMARTS) is 1. The van der Waals surface area contributed by atoms with Crippen molar-refractivity contribution in [2.45, 2.75) is 18.6 Å². The predicted octanol–water partition coefficient (Wildman–Crippen LogP) is 3.09. The van der Waals surface area contributed by atoms with Crippen LogP contribution in [0.2, 0.25) is 0 Å². The number of hydrogen-bond acceptors (Lipinski definition) is 7. The maximum atomic E-state index is 12.6. The molecule has 1 N–H and O–H groups in total. The largest absolute Gasteiger partial charge is 0.550 e. The number of carbonyl (C=O) groups is 1. The van der Waals surface area contributed by atoms with E-state index >= 15 is 0 Å². The lowest BCUT2D eigenvalue weighted by molar-refractivity contribution is -0.316. The van der Waals surface area contributed by atoms with Gasteiger partial charge in [-0.1, -0.05) is 54.6 Å². The Morgan fingerprint density at radius 2 is 1.49 bits per heavy atom. The zero-order valence-electron chi connectivity index (χ0n) is 20.0. The summed E-state index contributed by atoms with van der Waals surface area (Å²) in [5, 5.41) is 23.8. The van der Waals surface area contributed by atoms with Crippen LogP contribution >= 0.6 is 0 Å². The number of hydrogen-bond donors (Lipinski definition) is 1. The van der Waals surface area contributed by atoms with Gasteiger partial charge in [-0.3, -0.25) is 0 Å². The van der Waals surface area contributed by atoms with Crippen LogP contribution in [0.25, 0.3) is 0 Å². The van der Waals surface area contributed by atoms with Crippen LogP contribution < -0.4 is 19.3 Å². The molecule has 3 aromatic rings. The van der Waals surface area contributed by atoms with Crippen LogP contribution in [0.4, 0.5) is 0 Å². The Labute approximate surface area is 204 Å². The van der Waals surface area contributed by atoms with Crippen molar-refractivity contribution in [1.29, 1.82) is 0 Å². The molecule has 0 spiro atoms. The summed E-state index contributed by atoms with van der Waals surface area (Å²) in [7, 11) is 4.53. The molecule has 0 amide bonds. The van der Waals surface area contributed by atoms with Gasteiger partial charge in [-0.2, -0.15) is 0 Å². The van der Waals surface area contributed by atoms with Crippen molar-refractivity contribution in [3.05, 3.63) is 89.0 Å². The molecule has 4 atom stereocenters. The van der Waals surface area contributed by atoms with Crippen molar-refractivity contribution in [2.75, 3.05) is 27.9 Å². The molecule has 1 aliphatic rings. The Balaban J connectivity index is 1.77. The maximum Gasteiger partial charge on any atom is 0.203 e. The molecule has 0 fully saturated rings. The first-order valence-electron chi connectivity index (χ1n) is 11.4. The molecule has 0 radical (unpaired) electrons. The number of carboxylic acids is 1. The predicted molar refractivity (Wildman–Crippen MR) is 127 cm³/mol. The van der Waals surface area contributed by atoms with Crippen molar-refractivity contribution in [2.24, 2.45) is 11.8 Å². The summed E-state index contributed by atoms with van der Waals surface area (Å²) in [6.07, 6.45) is -1.02. The summed E-state index contributed by atoms with van der Waals surface area (Å²) in [5.41, 5.74) is 2.99. The summed E-state index contributed by atoms with van der Waals surface area (Å²) in [4.78, 5) is 12.6. The number of aliphatic hydroxyl groups excluding tert-OH is 1. The van der Waals surface area contributed by atoms with Crippen molar-refractivity contribution in [3.8, 4) is 17.2 Å². The first-order valence-corrected chi connectivity index (χ1v) is 11.4. The quantitative estimate of drug-likeness (QED) is 0.506. The Kier molecular flexibility index (Phi) is 7.58. The van der Waals surface area contributed by atoms with E-state index in [9.17, 15) is 15.0 Å². The summed E-state index contributed by atoms with van der Waals surface area (Å²) in [6, 6.07) is 20.4. The van der Waals surface area contributed by atoms with Crippen molar-refractivity contribution in [1.82, 2.24) is 0 Å².